The van der Waals surface area contributed by atoms with E-state index < -0.39 is 10.0 Å². The fraction of sp³-hybridized carbons (Fsp3) is 0.409. The van der Waals surface area contributed by atoms with Crippen LogP contribution in [0.15, 0.2) is 41.3 Å². The van der Waals surface area contributed by atoms with Crippen LogP contribution in [0.1, 0.15) is 45.9 Å². The second-order valence-corrected chi connectivity index (χ2v) is 9.69. The Kier molecular flexibility index (Phi) is 5.90. The van der Waals surface area contributed by atoms with E-state index in [-0.39, 0.29) is 24.2 Å². The van der Waals surface area contributed by atoms with E-state index in [1.165, 1.54) is 11.1 Å². The van der Waals surface area contributed by atoms with Crippen LogP contribution in [0.4, 0.5) is 0 Å². The summed E-state index contributed by atoms with van der Waals surface area (Å²) in [5.74, 6) is 1.000. The van der Waals surface area contributed by atoms with Gasteiger partial charge in [0.15, 0.2) is 5.78 Å². The summed E-state index contributed by atoms with van der Waals surface area (Å²) in [7, 11) is -3.53. The Morgan fingerprint density at radius 2 is 2.00 bits per heavy atom. The summed E-state index contributed by atoms with van der Waals surface area (Å²) in [5, 5.41) is 0. The first kappa shape index (κ1) is 21.3. The molecule has 0 radical (unpaired) electrons. The first-order valence-electron chi connectivity index (χ1n) is 10.2. The van der Waals surface area contributed by atoms with Crippen LogP contribution in [0.5, 0.6) is 5.75 Å². The molecule has 0 aromatic heterocycles. The van der Waals surface area contributed by atoms with E-state index in [0.29, 0.717) is 30.9 Å². The van der Waals surface area contributed by atoms with Crippen molar-refractivity contribution in [2.75, 3.05) is 26.2 Å². The Labute approximate surface area is 183 Å². The van der Waals surface area contributed by atoms with Crippen LogP contribution in [-0.2, 0) is 22.9 Å². The number of benzene rings is 2. The molecule has 1 unspecified atom stereocenters. The molecule has 6 nitrogen and oxygen atoms in total. The molecule has 8 heteroatoms. The number of nitrogens with zero attached hydrogens (tertiary/aromatic N) is 1. The molecule has 1 atom stereocenters. The van der Waals surface area contributed by atoms with Gasteiger partial charge in [0.25, 0.3) is 0 Å². The minimum absolute atomic E-state index is 0. The maximum atomic E-state index is 12.6. The predicted molar refractivity (Wildman–Crippen MR) is 116 cm³/mol. The minimum Gasteiger partial charge on any atom is -0.493 e. The van der Waals surface area contributed by atoms with E-state index in [0.717, 1.165) is 42.8 Å². The lowest BCUT2D eigenvalue weighted by atomic mass is 9.93. The molecule has 2 aromatic carbocycles. The SMILES string of the molecule is Cl.O=C1CC2c3c(cccc31)CCN2CCCNS(=O)(=O)c1ccc2c(c1)CCO2. The van der Waals surface area contributed by atoms with Crippen LogP contribution < -0.4 is 9.46 Å². The van der Waals surface area contributed by atoms with Crippen LogP contribution in [-0.4, -0.2) is 45.3 Å². The molecule has 0 saturated carbocycles. The molecule has 2 heterocycles. The molecule has 160 valence electrons. The van der Waals surface area contributed by atoms with Gasteiger partial charge in [0, 0.05) is 44.1 Å². The van der Waals surface area contributed by atoms with Crippen molar-refractivity contribution in [3.8, 4) is 5.75 Å². The van der Waals surface area contributed by atoms with Crippen molar-refractivity contribution in [3.05, 3.63) is 58.7 Å². The van der Waals surface area contributed by atoms with Gasteiger partial charge >= 0.3 is 0 Å². The maximum absolute atomic E-state index is 12.6. The lowest BCUT2D eigenvalue weighted by Gasteiger charge is -2.34. The van der Waals surface area contributed by atoms with Crippen LogP contribution in [0.2, 0.25) is 0 Å². The van der Waals surface area contributed by atoms with Gasteiger partial charge in [-0.15, -0.1) is 12.4 Å². The van der Waals surface area contributed by atoms with Gasteiger partial charge in [-0.1, -0.05) is 18.2 Å². The predicted octanol–water partition coefficient (Wildman–Crippen LogP) is 2.90. The topological polar surface area (TPSA) is 75.7 Å². The summed E-state index contributed by atoms with van der Waals surface area (Å²) in [6.07, 6.45) is 2.93. The van der Waals surface area contributed by atoms with E-state index in [1.807, 2.05) is 12.1 Å². The zero-order valence-electron chi connectivity index (χ0n) is 16.6. The Hall–Kier alpha value is -1.93. The van der Waals surface area contributed by atoms with E-state index in [2.05, 4.69) is 15.7 Å². The highest BCUT2D eigenvalue weighted by atomic mass is 35.5. The van der Waals surface area contributed by atoms with Crippen LogP contribution >= 0.6 is 12.4 Å². The van der Waals surface area contributed by atoms with Crippen molar-refractivity contribution in [2.45, 2.75) is 36.6 Å². The summed E-state index contributed by atoms with van der Waals surface area (Å²) < 4.78 is 33.4. The molecule has 0 saturated heterocycles. The lowest BCUT2D eigenvalue weighted by molar-refractivity contribution is 0.0949. The molecule has 0 amide bonds. The number of hydrogen-bond acceptors (Lipinski definition) is 5. The molecule has 0 spiro atoms. The van der Waals surface area contributed by atoms with Crippen LogP contribution in [0.25, 0.3) is 0 Å². The third-order valence-corrected chi connectivity index (χ3v) is 7.66. The number of rotatable bonds is 6. The van der Waals surface area contributed by atoms with Gasteiger partial charge in [-0.05, 0) is 47.7 Å². The number of carbonyl (C=O) groups is 1. The van der Waals surface area contributed by atoms with Gasteiger partial charge < -0.3 is 4.74 Å². The van der Waals surface area contributed by atoms with Crippen molar-refractivity contribution >= 4 is 28.2 Å². The molecule has 1 N–H and O–H groups in total. The molecule has 3 aliphatic rings. The Morgan fingerprint density at radius 3 is 2.87 bits per heavy atom. The molecule has 0 bridgehead atoms. The molecular weight excluding hydrogens is 424 g/mol. The summed E-state index contributed by atoms with van der Waals surface area (Å²) in [4.78, 5) is 15.0. The van der Waals surface area contributed by atoms with Crippen molar-refractivity contribution in [1.29, 1.82) is 0 Å². The van der Waals surface area contributed by atoms with Crippen molar-refractivity contribution < 1.29 is 17.9 Å². The van der Waals surface area contributed by atoms with E-state index in [1.54, 1.807) is 18.2 Å². The van der Waals surface area contributed by atoms with Crippen LogP contribution in [0, 0.1) is 0 Å². The average molecular weight is 449 g/mol. The second kappa shape index (κ2) is 8.30. The molecule has 5 rings (SSSR count). The van der Waals surface area contributed by atoms with E-state index in [4.69, 9.17) is 4.74 Å². The summed E-state index contributed by atoms with van der Waals surface area (Å²) in [6.45, 7) is 2.66. The number of halogens is 1. The van der Waals surface area contributed by atoms with Gasteiger partial charge in [0.1, 0.15) is 5.75 Å². The Balaban J connectivity index is 0.00000218. The molecule has 2 aliphatic heterocycles. The zero-order chi connectivity index (χ0) is 20.0. The third-order valence-electron chi connectivity index (χ3n) is 6.20. The molecule has 0 fully saturated rings. The molecule has 30 heavy (non-hydrogen) atoms. The first-order chi connectivity index (χ1) is 14.0. The normalized spacial score (nSPS) is 19.7. The Morgan fingerprint density at radius 1 is 1.13 bits per heavy atom. The fourth-order valence-electron chi connectivity index (χ4n) is 4.76. The molecular formula is C22H25ClN2O4S. The largest absolute Gasteiger partial charge is 0.493 e. The van der Waals surface area contributed by atoms with Gasteiger partial charge in [-0.25, -0.2) is 13.1 Å². The number of Topliss-reactive ketones (excluding diaryl/α,β-unsaturated/α-hetero) is 1. The lowest BCUT2D eigenvalue weighted by Crippen LogP contribution is -2.36. The number of ketones is 1. The standard InChI is InChI=1S/C22H24N2O4S.ClH/c25-20-14-19-22-15(3-1-4-18(20)22)7-11-24(19)10-2-9-23-29(26,27)17-5-6-21-16(13-17)8-12-28-21;/h1,3-6,13,19,23H,2,7-12,14H2;1H. The molecule has 1 aliphatic carbocycles. The van der Waals surface area contributed by atoms with Crippen molar-refractivity contribution in [1.82, 2.24) is 9.62 Å². The number of hydrogen-bond donors (Lipinski definition) is 1. The second-order valence-electron chi connectivity index (χ2n) is 7.93. The van der Waals surface area contributed by atoms with Gasteiger partial charge in [0.2, 0.25) is 10.0 Å². The summed E-state index contributed by atoms with van der Waals surface area (Å²) in [5.41, 5.74) is 4.31. The number of fused-ring (bicyclic) bond motifs is 1. The fourth-order valence-corrected chi connectivity index (χ4v) is 5.88. The number of ether oxygens (including phenoxy) is 1. The maximum Gasteiger partial charge on any atom is 0.240 e. The average Bonchev–Trinajstić information content (AvgIpc) is 3.32. The van der Waals surface area contributed by atoms with Crippen LogP contribution in [0.3, 0.4) is 0 Å². The smallest absolute Gasteiger partial charge is 0.240 e. The third kappa shape index (κ3) is 3.75. The Bertz CT molecular complexity index is 1090. The van der Waals surface area contributed by atoms with E-state index in [9.17, 15) is 13.2 Å². The highest BCUT2D eigenvalue weighted by molar-refractivity contribution is 7.89. The highest BCUT2D eigenvalue weighted by Crippen LogP contribution is 2.41. The number of sulfonamides is 1. The number of nitrogens with one attached hydrogen (secondary N) is 1. The van der Waals surface area contributed by atoms with Gasteiger partial charge in [-0.3, -0.25) is 9.69 Å². The summed E-state index contributed by atoms with van der Waals surface area (Å²) >= 11 is 0. The quantitative estimate of drug-likeness (QED) is 0.688. The van der Waals surface area contributed by atoms with Gasteiger partial charge in [0.05, 0.1) is 11.5 Å². The van der Waals surface area contributed by atoms with Crippen molar-refractivity contribution in [3.63, 3.8) is 0 Å². The number of carbonyl (C=O) groups excluding carboxylic acids is 1. The minimum atomic E-state index is -3.53. The van der Waals surface area contributed by atoms with Crippen molar-refractivity contribution in [2.24, 2.45) is 0 Å². The zero-order valence-corrected chi connectivity index (χ0v) is 18.2. The van der Waals surface area contributed by atoms with Gasteiger partial charge in [-0.2, -0.15) is 0 Å². The summed E-state index contributed by atoms with van der Waals surface area (Å²) in [6, 6.07) is 11.2. The monoisotopic (exact) mass is 448 g/mol. The molecule has 2 aromatic rings. The highest BCUT2D eigenvalue weighted by Gasteiger charge is 2.37. The van der Waals surface area contributed by atoms with E-state index >= 15 is 0 Å². The first-order valence-corrected chi connectivity index (χ1v) is 11.7.